The molecule has 0 aliphatic heterocycles. The first kappa shape index (κ1) is 12.5. The van der Waals surface area contributed by atoms with Gasteiger partial charge in [0.1, 0.15) is 5.75 Å². The quantitative estimate of drug-likeness (QED) is 0.680. The third kappa shape index (κ3) is 3.02. The molecule has 2 rings (SSSR count). The number of phenolic OH excluding ortho intramolecular Hbond substituents is 1. The highest BCUT2D eigenvalue weighted by atomic mass is 35.5. The number of benzene rings is 2. The zero-order valence-corrected chi connectivity index (χ0v) is 10.2. The number of phenols is 1. The van der Waals surface area contributed by atoms with E-state index in [0.29, 0.717) is 11.1 Å². The van der Waals surface area contributed by atoms with Crippen LogP contribution in [0.5, 0.6) is 5.75 Å². The van der Waals surface area contributed by atoms with Gasteiger partial charge in [0.25, 0.3) is 0 Å². The Bertz CT molecular complexity index is 522. The average Bonchev–Trinajstić information content (AvgIpc) is 2.40. The number of carbonyl (C=O) groups is 1. The summed E-state index contributed by atoms with van der Waals surface area (Å²) in [6.07, 6.45) is 0. The predicted octanol–water partition coefficient (Wildman–Crippen LogP) is 3.49. The Labute approximate surface area is 110 Å². The molecule has 92 valence electrons. The molecule has 0 fully saturated rings. The topological polar surface area (TPSA) is 46.5 Å². The first-order valence-electron chi connectivity index (χ1n) is 5.36. The molecule has 0 saturated heterocycles. The van der Waals surface area contributed by atoms with Crippen LogP contribution in [0.2, 0.25) is 0 Å². The summed E-state index contributed by atoms with van der Waals surface area (Å²) in [5, 5.41) is 9.12. The molecule has 0 radical (unpaired) electrons. The molecule has 0 heterocycles. The minimum absolute atomic E-state index is 0.0945. The number of carbonyl (C=O) groups excluding carboxylic acids is 1. The fourth-order valence-electron chi connectivity index (χ4n) is 1.43. The monoisotopic (exact) mass is 262 g/mol. The summed E-state index contributed by atoms with van der Waals surface area (Å²) < 4.78 is 5.11. The van der Waals surface area contributed by atoms with Crippen molar-refractivity contribution in [3.63, 3.8) is 0 Å². The highest BCUT2D eigenvalue weighted by Crippen LogP contribution is 2.23. The van der Waals surface area contributed by atoms with E-state index in [1.165, 1.54) is 24.3 Å². The van der Waals surface area contributed by atoms with Gasteiger partial charge in [0.05, 0.1) is 5.56 Å². The van der Waals surface area contributed by atoms with Crippen molar-refractivity contribution in [1.82, 2.24) is 0 Å². The molecule has 1 atom stereocenters. The van der Waals surface area contributed by atoms with Crippen LogP contribution in [0.1, 0.15) is 21.5 Å². The molecular weight excluding hydrogens is 252 g/mol. The van der Waals surface area contributed by atoms with Crippen LogP contribution >= 0.6 is 11.6 Å². The first-order chi connectivity index (χ1) is 8.66. The number of halogens is 1. The molecule has 4 heteroatoms. The molecule has 0 aliphatic rings. The summed E-state index contributed by atoms with van der Waals surface area (Å²) in [5.41, 5.74) is 0.230. The van der Waals surface area contributed by atoms with Crippen molar-refractivity contribution in [3.8, 4) is 5.75 Å². The number of hydrogen-bond acceptors (Lipinski definition) is 3. The molecule has 0 amide bonds. The summed E-state index contributed by atoms with van der Waals surface area (Å²) in [6, 6.07) is 14.8. The van der Waals surface area contributed by atoms with Crippen LogP contribution in [0, 0.1) is 0 Å². The number of ether oxygens (including phenoxy) is 1. The van der Waals surface area contributed by atoms with Crippen molar-refractivity contribution in [3.05, 3.63) is 65.7 Å². The van der Waals surface area contributed by atoms with Gasteiger partial charge in [-0.15, -0.1) is 0 Å². The Kier molecular flexibility index (Phi) is 3.85. The number of alkyl halides is 1. The summed E-state index contributed by atoms with van der Waals surface area (Å²) in [6.45, 7) is 0. The molecule has 18 heavy (non-hydrogen) atoms. The summed E-state index contributed by atoms with van der Waals surface area (Å²) in [5.74, 6) is -0.434. The van der Waals surface area contributed by atoms with Crippen molar-refractivity contribution in [2.45, 2.75) is 5.56 Å². The van der Waals surface area contributed by atoms with Gasteiger partial charge in [0.2, 0.25) is 5.56 Å². The molecule has 0 aliphatic carbocycles. The zero-order chi connectivity index (χ0) is 13.0. The Morgan fingerprint density at radius 2 is 1.67 bits per heavy atom. The van der Waals surface area contributed by atoms with Crippen LogP contribution in [0.25, 0.3) is 0 Å². The van der Waals surface area contributed by atoms with Crippen molar-refractivity contribution >= 4 is 17.6 Å². The minimum atomic E-state index is -0.826. The number of aromatic hydroxyl groups is 1. The SMILES string of the molecule is O=C(OC(Cl)c1ccccc1)c1ccc(O)cc1. The third-order valence-electron chi connectivity index (χ3n) is 2.38. The maximum atomic E-state index is 11.8. The molecule has 2 aromatic rings. The zero-order valence-electron chi connectivity index (χ0n) is 9.42. The van der Waals surface area contributed by atoms with Crippen LogP contribution in [-0.2, 0) is 4.74 Å². The lowest BCUT2D eigenvalue weighted by molar-refractivity contribution is 0.0446. The van der Waals surface area contributed by atoms with Gasteiger partial charge in [-0.2, -0.15) is 0 Å². The Morgan fingerprint density at radius 1 is 1.06 bits per heavy atom. The van der Waals surface area contributed by atoms with E-state index in [1.54, 1.807) is 12.1 Å². The van der Waals surface area contributed by atoms with Crippen molar-refractivity contribution in [1.29, 1.82) is 0 Å². The van der Waals surface area contributed by atoms with Crippen LogP contribution in [-0.4, -0.2) is 11.1 Å². The lowest BCUT2D eigenvalue weighted by Gasteiger charge is -2.11. The summed E-state index contributed by atoms with van der Waals surface area (Å²) in [7, 11) is 0. The van der Waals surface area contributed by atoms with Gasteiger partial charge in [-0.25, -0.2) is 4.79 Å². The van der Waals surface area contributed by atoms with E-state index in [9.17, 15) is 4.79 Å². The maximum Gasteiger partial charge on any atom is 0.339 e. The van der Waals surface area contributed by atoms with E-state index in [-0.39, 0.29) is 5.75 Å². The second-order valence-corrected chi connectivity index (χ2v) is 4.08. The van der Waals surface area contributed by atoms with Crippen molar-refractivity contribution < 1.29 is 14.6 Å². The molecule has 0 spiro atoms. The average molecular weight is 263 g/mol. The molecule has 3 nitrogen and oxygen atoms in total. The molecule has 1 N–H and O–H groups in total. The molecule has 0 aromatic heterocycles. The minimum Gasteiger partial charge on any atom is -0.508 e. The van der Waals surface area contributed by atoms with Gasteiger partial charge in [-0.05, 0) is 24.3 Å². The highest BCUT2D eigenvalue weighted by Gasteiger charge is 2.14. The Morgan fingerprint density at radius 3 is 2.28 bits per heavy atom. The van der Waals surface area contributed by atoms with E-state index < -0.39 is 11.5 Å². The second kappa shape index (κ2) is 5.56. The van der Waals surface area contributed by atoms with Gasteiger partial charge >= 0.3 is 5.97 Å². The highest BCUT2D eigenvalue weighted by molar-refractivity contribution is 6.20. The maximum absolute atomic E-state index is 11.8. The Balaban J connectivity index is 2.06. The smallest absolute Gasteiger partial charge is 0.339 e. The third-order valence-corrected chi connectivity index (χ3v) is 2.72. The van der Waals surface area contributed by atoms with Crippen LogP contribution in [0.4, 0.5) is 0 Å². The fraction of sp³-hybridized carbons (Fsp3) is 0.0714. The van der Waals surface area contributed by atoms with E-state index >= 15 is 0 Å². The molecule has 1 unspecified atom stereocenters. The largest absolute Gasteiger partial charge is 0.508 e. The van der Waals surface area contributed by atoms with E-state index in [2.05, 4.69) is 0 Å². The lowest BCUT2D eigenvalue weighted by Crippen LogP contribution is -2.07. The molecule has 2 aromatic carbocycles. The van der Waals surface area contributed by atoms with Gasteiger partial charge in [-0.3, -0.25) is 0 Å². The summed E-state index contributed by atoms with van der Waals surface area (Å²) in [4.78, 5) is 11.8. The molecular formula is C14H11ClO3. The standard InChI is InChI=1S/C14H11ClO3/c15-13(10-4-2-1-3-5-10)18-14(17)11-6-8-12(16)9-7-11/h1-9,13,16H. The van der Waals surface area contributed by atoms with Gasteiger partial charge < -0.3 is 9.84 Å². The Hall–Kier alpha value is -2.00. The van der Waals surface area contributed by atoms with E-state index in [0.717, 1.165) is 0 Å². The van der Waals surface area contributed by atoms with Crippen molar-refractivity contribution in [2.24, 2.45) is 0 Å². The number of esters is 1. The van der Waals surface area contributed by atoms with Crippen LogP contribution < -0.4 is 0 Å². The van der Waals surface area contributed by atoms with Gasteiger partial charge in [-0.1, -0.05) is 41.9 Å². The molecule has 0 bridgehead atoms. The number of hydrogen-bond donors (Lipinski definition) is 1. The summed E-state index contributed by atoms with van der Waals surface area (Å²) >= 11 is 5.99. The van der Waals surface area contributed by atoms with Gasteiger partial charge in [0, 0.05) is 5.56 Å². The predicted molar refractivity (Wildman–Crippen MR) is 68.6 cm³/mol. The van der Waals surface area contributed by atoms with Gasteiger partial charge in [0.15, 0.2) is 0 Å². The lowest BCUT2D eigenvalue weighted by atomic mass is 10.2. The van der Waals surface area contributed by atoms with Crippen molar-refractivity contribution in [2.75, 3.05) is 0 Å². The van der Waals surface area contributed by atoms with E-state index in [1.807, 2.05) is 18.2 Å². The molecule has 0 saturated carbocycles. The second-order valence-electron chi connectivity index (χ2n) is 3.68. The normalized spacial score (nSPS) is 11.8. The number of rotatable bonds is 3. The van der Waals surface area contributed by atoms with Crippen LogP contribution in [0.3, 0.4) is 0 Å². The van der Waals surface area contributed by atoms with Crippen LogP contribution in [0.15, 0.2) is 54.6 Å². The van der Waals surface area contributed by atoms with E-state index in [4.69, 9.17) is 21.4 Å². The fourth-order valence-corrected chi connectivity index (χ4v) is 1.66. The first-order valence-corrected chi connectivity index (χ1v) is 5.79.